The first-order chi connectivity index (χ1) is 16.7. The van der Waals surface area contributed by atoms with Crippen LogP contribution in [0.15, 0.2) is 11.1 Å². The van der Waals surface area contributed by atoms with E-state index in [0.29, 0.717) is 5.92 Å². The van der Waals surface area contributed by atoms with Crippen molar-refractivity contribution in [2.75, 3.05) is 32.7 Å². The molecule has 0 amide bonds. The zero-order valence-electron chi connectivity index (χ0n) is 21.3. The molecule has 0 radical (unpaired) electrons. The number of aliphatic carboxylic acids is 2. The number of carboxylic acids is 2. The third-order valence-corrected chi connectivity index (χ3v) is 9.28. The Kier molecular flexibility index (Phi) is 8.21. The predicted molar refractivity (Wildman–Crippen MR) is 131 cm³/mol. The lowest BCUT2D eigenvalue weighted by atomic mass is 9.59. The minimum absolute atomic E-state index is 0.0957. The monoisotopic (exact) mass is 490 g/mol. The Morgan fingerprint density at radius 3 is 2.31 bits per heavy atom. The molecule has 0 aromatic rings. The van der Waals surface area contributed by atoms with Gasteiger partial charge in [0.2, 0.25) is 0 Å². The Bertz CT molecular complexity index is 831. The van der Waals surface area contributed by atoms with E-state index in [1.54, 1.807) is 11.1 Å². The van der Waals surface area contributed by atoms with Crippen LogP contribution in [-0.4, -0.2) is 82.8 Å². The summed E-state index contributed by atoms with van der Waals surface area (Å²) in [5, 5.41) is 14.8. The Labute approximate surface area is 208 Å². The van der Waals surface area contributed by atoms with E-state index in [0.717, 1.165) is 38.5 Å². The van der Waals surface area contributed by atoms with Gasteiger partial charge in [0.05, 0.1) is 5.92 Å². The number of piperidine rings is 2. The molecule has 0 bridgehead atoms. The fourth-order valence-electron chi connectivity index (χ4n) is 7.35. The van der Waals surface area contributed by atoms with Gasteiger partial charge in [-0.15, -0.1) is 0 Å². The van der Waals surface area contributed by atoms with Gasteiger partial charge in [-0.25, -0.2) is 9.59 Å². The topological polar surface area (TPSA) is 107 Å². The van der Waals surface area contributed by atoms with Gasteiger partial charge in [0.25, 0.3) is 0 Å². The van der Waals surface area contributed by atoms with Gasteiger partial charge in [-0.2, -0.15) is 0 Å². The molecule has 0 spiro atoms. The molecule has 1 saturated carbocycles. The fourth-order valence-corrected chi connectivity index (χ4v) is 7.35. The summed E-state index contributed by atoms with van der Waals surface area (Å²) in [6.07, 6.45) is 12.9. The molecule has 5 aliphatic rings. The lowest BCUT2D eigenvalue weighted by Gasteiger charge is -2.46. The van der Waals surface area contributed by atoms with Crippen molar-refractivity contribution in [2.45, 2.75) is 90.2 Å². The molecule has 2 aliphatic carbocycles. The molecule has 8 heteroatoms. The van der Waals surface area contributed by atoms with Crippen molar-refractivity contribution >= 4 is 17.9 Å². The Morgan fingerprint density at radius 1 is 1.03 bits per heavy atom. The third-order valence-electron chi connectivity index (χ3n) is 9.28. The minimum Gasteiger partial charge on any atom is -0.473 e. The highest BCUT2D eigenvalue weighted by molar-refractivity contribution is 6.27. The van der Waals surface area contributed by atoms with Crippen molar-refractivity contribution < 1.29 is 29.3 Å². The molecule has 4 fully saturated rings. The maximum Gasteiger partial charge on any atom is 0.414 e. The molecular weight excluding hydrogens is 448 g/mol. The number of ether oxygens (including phenoxy) is 1. The van der Waals surface area contributed by atoms with E-state index in [1.165, 1.54) is 64.5 Å². The fraction of sp³-hybridized carbons (Fsp3) is 0.815. The summed E-state index contributed by atoms with van der Waals surface area (Å²) in [6, 6.07) is 0.778. The van der Waals surface area contributed by atoms with Crippen molar-refractivity contribution in [3.63, 3.8) is 0 Å². The molecule has 3 heterocycles. The van der Waals surface area contributed by atoms with Crippen molar-refractivity contribution in [1.29, 1.82) is 0 Å². The van der Waals surface area contributed by atoms with Gasteiger partial charge >= 0.3 is 17.9 Å². The second kappa shape index (κ2) is 11.0. The second-order valence-electron chi connectivity index (χ2n) is 11.6. The molecule has 2 N–H and O–H groups in total. The van der Waals surface area contributed by atoms with Gasteiger partial charge in [-0.3, -0.25) is 4.79 Å². The summed E-state index contributed by atoms with van der Waals surface area (Å²) in [5.41, 5.74) is 3.57. The number of fused-ring (bicyclic) bond motifs is 2. The summed E-state index contributed by atoms with van der Waals surface area (Å²) in [4.78, 5) is 36.4. The average molecular weight is 491 g/mol. The molecule has 8 nitrogen and oxygen atoms in total. The molecule has 0 aromatic carbocycles. The maximum atomic E-state index is 12.8. The number of hydrogen-bond donors (Lipinski definition) is 2. The number of nitrogens with zero attached hydrogens (tertiary/aromatic N) is 2. The van der Waals surface area contributed by atoms with Crippen molar-refractivity contribution in [3.05, 3.63) is 11.1 Å². The number of carbonyl (C=O) groups excluding carboxylic acids is 1. The van der Waals surface area contributed by atoms with E-state index in [4.69, 9.17) is 24.5 Å². The molecular formula is C27H42N2O6. The van der Waals surface area contributed by atoms with E-state index >= 15 is 0 Å². The molecule has 3 aliphatic heterocycles. The first-order valence-corrected chi connectivity index (χ1v) is 13.5. The number of carbonyl (C=O) groups is 3. The zero-order valence-corrected chi connectivity index (χ0v) is 21.3. The summed E-state index contributed by atoms with van der Waals surface area (Å²) in [5.74, 6) is -3.04. The SMILES string of the molecule is CC1=C2C[C@@H]3C(CN4CCC(N5CCCCC5)CC4)C(=O)O[C@@H]3C[C@@]2(C)CCC1.O=C(O)C(=O)O. The Balaban J connectivity index is 0.000000431. The molecule has 1 unspecified atom stereocenters. The quantitative estimate of drug-likeness (QED) is 0.351. The van der Waals surface area contributed by atoms with E-state index in [2.05, 4.69) is 23.6 Å². The number of carboxylic acid groups (broad SMARTS) is 2. The lowest BCUT2D eigenvalue weighted by Crippen LogP contribution is -2.48. The maximum absolute atomic E-state index is 12.8. The summed E-state index contributed by atoms with van der Waals surface area (Å²) in [6.45, 7) is 10.6. The number of esters is 1. The van der Waals surface area contributed by atoms with E-state index < -0.39 is 11.9 Å². The summed E-state index contributed by atoms with van der Waals surface area (Å²) < 4.78 is 5.99. The Morgan fingerprint density at radius 2 is 1.69 bits per heavy atom. The van der Waals surface area contributed by atoms with Crippen LogP contribution >= 0.6 is 0 Å². The van der Waals surface area contributed by atoms with Crippen LogP contribution < -0.4 is 0 Å². The molecule has 3 saturated heterocycles. The minimum atomic E-state index is -1.82. The van der Waals surface area contributed by atoms with Crippen molar-refractivity contribution in [2.24, 2.45) is 17.3 Å². The standard InChI is InChI=1S/C25H40N2O2.C2H2O4/c1-18-7-6-10-25(2)16-23-20(15-22(18)25)21(24(28)29-23)17-26-13-8-19(9-14-26)27-11-4-3-5-12-27;3-1(4)2(5)6/h19-21,23H,3-17H2,1-2H3;(H,3,4)(H,5,6)/t20-,21?,23-,25-;/m1./s1. The van der Waals surface area contributed by atoms with Crippen LogP contribution in [0.4, 0.5) is 0 Å². The van der Waals surface area contributed by atoms with E-state index in [1.807, 2.05) is 0 Å². The van der Waals surface area contributed by atoms with Crippen LogP contribution in [0.25, 0.3) is 0 Å². The third kappa shape index (κ3) is 5.91. The predicted octanol–water partition coefficient (Wildman–Crippen LogP) is 3.55. The average Bonchev–Trinajstić information content (AvgIpc) is 3.12. The molecule has 0 aromatic heterocycles. The van der Waals surface area contributed by atoms with E-state index in [9.17, 15) is 4.79 Å². The zero-order chi connectivity index (χ0) is 25.2. The van der Waals surface area contributed by atoms with Crippen LogP contribution in [0.1, 0.15) is 78.1 Å². The summed E-state index contributed by atoms with van der Waals surface area (Å²) >= 11 is 0. The molecule has 5 rings (SSSR count). The smallest absolute Gasteiger partial charge is 0.414 e. The number of likely N-dealkylation sites (tertiary alicyclic amines) is 2. The van der Waals surface area contributed by atoms with Crippen molar-refractivity contribution in [1.82, 2.24) is 9.80 Å². The van der Waals surface area contributed by atoms with Crippen LogP contribution in [0, 0.1) is 17.3 Å². The van der Waals surface area contributed by atoms with Crippen LogP contribution in [0.3, 0.4) is 0 Å². The largest absolute Gasteiger partial charge is 0.473 e. The number of rotatable bonds is 3. The second-order valence-corrected chi connectivity index (χ2v) is 11.6. The van der Waals surface area contributed by atoms with Crippen LogP contribution in [0.5, 0.6) is 0 Å². The van der Waals surface area contributed by atoms with Gasteiger partial charge in [0, 0.05) is 18.5 Å². The number of allylic oxidation sites excluding steroid dienone is 2. The first-order valence-electron chi connectivity index (χ1n) is 13.5. The Hall–Kier alpha value is -1.93. The number of hydrogen-bond acceptors (Lipinski definition) is 6. The van der Waals surface area contributed by atoms with Crippen molar-refractivity contribution in [3.8, 4) is 0 Å². The van der Waals surface area contributed by atoms with Gasteiger partial charge in [-0.1, -0.05) is 24.5 Å². The summed E-state index contributed by atoms with van der Waals surface area (Å²) in [7, 11) is 0. The molecule has 4 atom stereocenters. The van der Waals surface area contributed by atoms with Gasteiger partial charge in [-0.05, 0) is 96.3 Å². The van der Waals surface area contributed by atoms with Crippen LogP contribution in [0.2, 0.25) is 0 Å². The highest BCUT2D eigenvalue weighted by Crippen LogP contribution is 2.55. The molecule has 35 heavy (non-hydrogen) atoms. The van der Waals surface area contributed by atoms with Gasteiger partial charge in [0.1, 0.15) is 6.10 Å². The van der Waals surface area contributed by atoms with Gasteiger partial charge < -0.3 is 24.7 Å². The highest BCUT2D eigenvalue weighted by atomic mass is 16.6. The lowest BCUT2D eigenvalue weighted by molar-refractivity contribution is -0.159. The molecule has 196 valence electrons. The highest BCUT2D eigenvalue weighted by Gasteiger charge is 2.53. The van der Waals surface area contributed by atoms with Crippen LogP contribution in [-0.2, 0) is 19.1 Å². The van der Waals surface area contributed by atoms with Gasteiger partial charge in [0.15, 0.2) is 0 Å². The first kappa shape index (κ1) is 26.1. The van der Waals surface area contributed by atoms with E-state index in [-0.39, 0.29) is 23.4 Å². The normalized spacial score (nSPS) is 34.3.